The highest BCUT2D eigenvalue weighted by molar-refractivity contribution is 14.1. The molecule has 0 fully saturated rings. The number of aryl methyl sites for hydroxylation is 1. The maximum atomic E-state index is 12.1. The van der Waals surface area contributed by atoms with E-state index < -0.39 is 0 Å². The second kappa shape index (κ2) is 6.01. The van der Waals surface area contributed by atoms with Crippen LogP contribution in [0.1, 0.15) is 15.9 Å². The molecule has 5 heteroatoms. The number of amides is 1. The first kappa shape index (κ1) is 13.8. The molecule has 0 saturated carbocycles. The van der Waals surface area contributed by atoms with Crippen molar-refractivity contribution in [3.05, 3.63) is 51.2 Å². The average molecular weight is 368 g/mol. The lowest BCUT2D eigenvalue weighted by atomic mass is 10.1. The van der Waals surface area contributed by atoms with E-state index in [1.807, 2.05) is 25.1 Å². The number of hydrogen-bond acceptors (Lipinski definition) is 3. The summed E-state index contributed by atoms with van der Waals surface area (Å²) in [5.74, 6) is 1.00. The Morgan fingerprint density at radius 2 is 2.11 bits per heavy atom. The highest BCUT2D eigenvalue weighted by Gasteiger charge is 2.09. The van der Waals surface area contributed by atoms with Crippen molar-refractivity contribution in [3.63, 3.8) is 0 Å². The molecule has 1 amide bonds. The fourth-order valence-electron chi connectivity index (χ4n) is 1.64. The first-order chi connectivity index (χ1) is 9.08. The van der Waals surface area contributed by atoms with E-state index in [1.165, 1.54) is 0 Å². The van der Waals surface area contributed by atoms with E-state index in [2.05, 4.69) is 32.9 Å². The van der Waals surface area contributed by atoms with Crippen molar-refractivity contribution in [3.8, 4) is 5.75 Å². The number of nitrogens with zero attached hydrogens (tertiary/aromatic N) is 1. The summed E-state index contributed by atoms with van der Waals surface area (Å²) < 4.78 is 6.18. The monoisotopic (exact) mass is 368 g/mol. The van der Waals surface area contributed by atoms with Crippen LogP contribution in [0, 0.1) is 10.5 Å². The van der Waals surface area contributed by atoms with E-state index in [0.29, 0.717) is 17.1 Å². The largest absolute Gasteiger partial charge is 0.497 e. The van der Waals surface area contributed by atoms with Gasteiger partial charge < -0.3 is 10.1 Å². The summed E-state index contributed by atoms with van der Waals surface area (Å²) in [5.41, 5.74) is 1.53. The molecule has 0 unspecified atom stereocenters. The highest BCUT2D eigenvalue weighted by atomic mass is 127. The topological polar surface area (TPSA) is 51.2 Å². The maximum absolute atomic E-state index is 12.1. The Balaban J connectivity index is 2.20. The van der Waals surface area contributed by atoms with Crippen LogP contribution in [-0.2, 0) is 0 Å². The van der Waals surface area contributed by atoms with E-state index in [1.54, 1.807) is 25.4 Å². The lowest BCUT2D eigenvalue weighted by Crippen LogP contribution is -2.13. The van der Waals surface area contributed by atoms with Crippen molar-refractivity contribution in [1.29, 1.82) is 0 Å². The molecule has 0 aliphatic rings. The van der Waals surface area contributed by atoms with Gasteiger partial charge in [0.25, 0.3) is 5.91 Å². The Labute approximate surface area is 125 Å². The number of aromatic nitrogens is 1. The third-order valence-corrected chi connectivity index (χ3v) is 3.16. The summed E-state index contributed by atoms with van der Waals surface area (Å²) in [6.45, 7) is 1.92. The number of nitrogens with one attached hydrogen (secondary N) is 1. The number of carbonyl (C=O) groups excluding carboxylic acids is 1. The molecule has 0 saturated heterocycles. The Morgan fingerprint density at radius 1 is 1.32 bits per heavy atom. The molecule has 1 aromatic heterocycles. The lowest BCUT2D eigenvalue weighted by molar-refractivity contribution is 0.102. The van der Waals surface area contributed by atoms with Crippen molar-refractivity contribution in [2.75, 3.05) is 12.4 Å². The van der Waals surface area contributed by atoms with Crippen LogP contribution in [0.25, 0.3) is 0 Å². The third kappa shape index (κ3) is 3.66. The Bertz CT molecular complexity index is 597. The van der Waals surface area contributed by atoms with Crippen LogP contribution >= 0.6 is 22.6 Å². The standard InChI is InChI=1S/C14H13IN2O2/c1-9-5-10(7-12(6-9)19-2)14(18)17-13-4-3-11(15)8-16-13/h3-8H,1-2H3,(H,16,17,18). The minimum absolute atomic E-state index is 0.198. The molecule has 98 valence electrons. The van der Waals surface area contributed by atoms with Crippen LogP contribution in [0.5, 0.6) is 5.75 Å². The second-order valence-corrected chi connectivity index (χ2v) is 5.30. The molecule has 1 N–H and O–H groups in total. The van der Waals surface area contributed by atoms with E-state index in [9.17, 15) is 4.79 Å². The Hall–Kier alpha value is -1.63. The number of benzene rings is 1. The second-order valence-electron chi connectivity index (χ2n) is 4.05. The predicted molar refractivity (Wildman–Crippen MR) is 82.6 cm³/mol. The van der Waals surface area contributed by atoms with Gasteiger partial charge in [-0.2, -0.15) is 0 Å². The van der Waals surface area contributed by atoms with E-state index in [4.69, 9.17) is 4.74 Å². The summed E-state index contributed by atoms with van der Waals surface area (Å²) in [7, 11) is 1.58. The number of carbonyl (C=O) groups is 1. The summed E-state index contributed by atoms with van der Waals surface area (Å²) in [6.07, 6.45) is 1.70. The van der Waals surface area contributed by atoms with Gasteiger partial charge in [-0.1, -0.05) is 0 Å². The lowest BCUT2D eigenvalue weighted by Gasteiger charge is -2.07. The van der Waals surface area contributed by atoms with Crippen molar-refractivity contribution in [2.24, 2.45) is 0 Å². The average Bonchev–Trinajstić information content (AvgIpc) is 2.40. The zero-order valence-electron chi connectivity index (χ0n) is 10.6. The molecular weight excluding hydrogens is 355 g/mol. The van der Waals surface area contributed by atoms with Crippen molar-refractivity contribution in [1.82, 2.24) is 4.98 Å². The van der Waals surface area contributed by atoms with Crippen LogP contribution < -0.4 is 10.1 Å². The van der Waals surface area contributed by atoms with Crippen LogP contribution in [0.4, 0.5) is 5.82 Å². The van der Waals surface area contributed by atoms with Gasteiger partial charge in [0.15, 0.2) is 0 Å². The number of halogens is 1. The molecule has 2 aromatic rings. The minimum atomic E-state index is -0.198. The summed E-state index contributed by atoms with van der Waals surface area (Å²) >= 11 is 2.16. The quantitative estimate of drug-likeness (QED) is 0.847. The molecule has 2 rings (SSSR count). The smallest absolute Gasteiger partial charge is 0.256 e. The van der Waals surface area contributed by atoms with Crippen LogP contribution in [0.15, 0.2) is 36.5 Å². The van der Waals surface area contributed by atoms with Crippen molar-refractivity contribution >= 4 is 34.3 Å². The van der Waals surface area contributed by atoms with Gasteiger partial charge in [0.05, 0.1) is 7.11 Å². The van der Waals surface area contributed by atoms with Gasteiger partial charge in [-0.3, -0.25) is 4.79 Å². The van der Waals surface area contributed by atoms with Gasteiger partial charge in [-0.25, -0.2) is 4.98 Å². The number of methoxy groups -OCH3 is 1. The Kier molecular flexibility index (Phi) is 4.36. The highest BCUT2D eigenvalue weighted by Crippen LogP contribution is 2.17. The van der Waals surface area contributed by atoms with Gasteiger partial charge in [0.1, 0.15) is 11.6 Å². The van der Waals surface area contributed by atoms with Gasteiger partial charge in [0, 0.05) is 15.3 Å². The number of anilines is 1. The first-order valence-electron chi connectivity index (χ1n) is 5.67. The molecule has 0 atom stereocenters. The van der Waals surface area contributed by atoms with E-state index in [0.717, 1.165) is 9.13 Å². The Morgan fingerprint density at radius 3 is 2.74 bits per heavy atom. The predicted octanol–water partition coefficient (Wildman–Crippen LogP) is 3.26. The molecule has 0 spiro atoms. The zero-order valence-corrected chi connectivity index (χ0v) is 12.8. The molecule has 0 radical (unpaired) electrons. The molecule has 0 aliphatic heterocycles. The normalized spacial score (nSPS) is 10.1. The number of hydrogen-bond donors (Lipinski definition) is 1. The summed E-state index contributed by atoms with van der Waals surface area (Å²) in [5, 5.41) is 2.76. The minimum Gasteiger partial charge on any atom is -0.497 e. The van der Waals surface area contributed by atoms with E-state index >= 15 is 0 Å². The SMILES string of the molecule is COc1cc(C)cc(C(=O)Nc2ccc(I)cn2)c1. The molecule has 4 nitrogen and oxygen atoms in total. The number of pyridine rings is 1. The zero-order chi connectivity index (χ0) is 13.8. The molecule has 0 bridgehead atoms. The van der Waals surface area contributed by atoms with Gasteiger partial charge in [-0.05, 0) is 65.4 Å². The molecule has 1 aromatic carbocycles. The fourth-order valence-corrected chi connectivity index (χ4v) is 1.95. The first-order valence-corrected chi connectivity index (χ1v) is 6.75. The van der Waals surface area contributed by atoms with Crippen LogP contribution in [0.2, 0.25) is 0 Å². The molecular formula is C14H13IN2O2. The summed E-state index contributed by atoms with van der Waals surface area (Å²) in [4.78, 5) is 16.2. The van der Waals surface area contributed by atoms with Gasteiger partial charge in [-0.15, -0.1) is 0 Å². The van der Waals surface area contributed by atoms with Crippen LogP contribution in [0.3, 0.4) is 0 Å². The number of ether oxygens (including phenoxy) is 1. The van der Waals surface area contributed by atoms with E-state index in [-0.39, 0.29) is 5.91 Å². The van der Waals surface area contributed by atoms with Gasteiger partial charge in [0.2, 0.25) is 0 Å². The van der Waals surface area contributed by atoms with Crippen LogP contribution in [-0.4, -0.2) is 18.0 Å². The summed E-state index contributed by atoms with van der Waals surface area (Å²) in [6, 6.07) is 9.05. The molecule has 0 aliphatic carbocycles. The molecule has 1 heterocycles. The van der Waals surface area contributed by atoms with Gasteiger partial charge >= 0.3 is 0 Å². The third-order valence-electron chi connectivity index (χ3n) is 2.52. The van der Waals surface area contributed by atoms with Crippen molar-refractivity contribution < 1.29 is 9.53 Å². The fraction of sp³-hybridized carbons (Fsp3) is 0.143. The van der Waals surface area contributed by atoms with Crippen molar-refractivity contribution in [2.45, 2.75) is 6.92 Å². The molecule has 19 heavy (non-hydrogen) atoms. The maximum Gasteiger partial charge on any atom is 0.256 e. The number of rotatable bonds is 3.